The molecule has 0 saturated carbocycles. The van der Waals surface area contributed by atoms with Crippen LogP contribution in [0.25, 0.3) is 0 Å². The fourth-order valence-electron chi connectivity index (χ4n) is 1.27. The van der Waals surface area contributed by atoms with Gasteiger partial charge < -0.3 is 10.4 Å². The van der Waals surface area contributed by atoms with Crippen molar-refractivity contribution < 1.29 is 19.5 Å². The van der Waals surface area contributed by atoms with Crippen molar-refractivity contribution in [3.63, 3.8) is 0 Å². The molecule has 0 aliphatic heterocycles. The first kappa shape index (κ1) is 16.3. The van der Waals surface area contributed by atoms with Gasteiger partial charge in [-0.25, -0.2) is 9.59 Å². The number of imide groups is 1. The van der Waals surface area contributed by atoms with Crippen LogP contribution in [-0.2, 0) is 4.79 Å². The zero-order valence-corrected chi connectivity index (χ0v) is 12.2. The number of carbonyl (C=O) groups excluding carboxylic acids is 2. The molecule has 1 aromatic carbocycles. The Morgan fingerprint density at radius 2 is 2.05 bits per heavy atom. The van der Waals surface area contributed by atoms with Crippen LogP contribution in [0.1, 0.15) is 16.8 Å². The van der Waals surface area contributed by atoms with E-state index in [1.165, 1.54) is 30.9 Å². The van der Waals surface area contributed by atoms with Gasteiger partial charge in [0.1, 0.15) is 0 Å². The third kappa shape index (κ3) is 5.10. The van der Waals surface area contributed by atoms with Crippen molar-refractivity contribution in [1.82, 2.24) is 10.6 Å². The highest BCUT2D eigenvalue weighted by atomic mass is 35.5. The van der Waals surface area contributed by atoms with Crippen LogP contribution >= 0.6 is 23.4 Å². The number of aromatic carboxylic acids is 1. The molecule has 20 heavy (non-hydrogen) atoms. The number of hydrogen-bond acceptors (Lipinski definition) is 4. The monoisotopic (exact) mass is 316 g/mol. The summed E-state index contributed by atoms with van der Waals surface area (Å²) in [5.41, 5.74) is 0.0199. The Labute approximate surface area is 124 Å². The minimum Gasteiger partial charge on any atom is -0.478 e. The Morgan fingerprint density at radius 1 is 1.35 bits per heavy atom. The molecule has 0 atom stereocenters. The standard InChI is InChI=1S/C12H13ClN2O4S/c1-14-12(19)15-10(16)4-5-20-7-2-3-9(13)8(6-7)11(17)18/h2-3,6H,4-5H2,1H3,(H,17,18)(H2,14,15,16,19). The normalized spacial score (nSPS) is 9.90. The molecular formula is C12H13ClN2O4S. The van der Waals surface area contributed by atoms with E-state index in [-0.39, 0.29) is 17.0 Å². The van der Waals surface area contributed by atoms with Gasteiger partial charge >= 0.3 is 12.0 Å². The maximum atomic E-state index is 11.3. The van der Waals surface area contributed by atoms with Crippen LogP contribution in [0.4, 0.5) is 4.79 Å². The van der Waals surface area contributed by atoms with Crippen molar-refractivity contribution >= 4 is 41.3 Å². The van der Waals surface area contributed by atoms with Gasteiger partial charge in [0.15, 0.2) is 0 Å². The van der Waals surface area contributed by atoms with Crippen LogP contribution in [-0.4, -0.2) is 35.8 Å². The molecule has 0 saturated heterocycles. The highest BCUT2D eigenvalue weighted by Crippen LogP contribution is 2.25. The lowest BCUT2D eigenvalue weighted by Crippen LogP contribution is -2.37. The number of halogens is 1. The van der Waals surface area contributed by atoms with Crippen molar-refractivity contribution in [2.24, 2.45) is 0 Å². The molecule has 0 aliphatic carbocycles. The lowest BCUT2D eigenvalue weighted by molar-refractivity contribution is -0.119. The number of benzene rings is 1. The summed E-state index contributed by atoms with van der Waals surface area (Å²) in [7, 11) is 1.42. The minimum atomic E-state index is -1.10. The zero-order valence-electron chi connectivity index (χ0n) is 10.6. The van der Waals surface area contributed by atoms with Crippen molar-refractivity contribution in [1.29, 1.82) is 0 Å². The number of thioether (sulfide) groups is 1. The van der Waals surface area contributed by atoms with Crippen molar-refractivity contribution in [3.05, 3.63) is 28.8 Å². The zero-order chi connectivity index (χ0) is 15.1. The number of rotatable bonds is 5. The highest BCUT2D eigenvalue weighted by molar-refractivity contribution is 7.99. The molecule has 0 spiro atoms. The maximum Gasteiger partial charge on any atom is 0.337 e. The fourth-order valence-corrected chi connectivity index (χ4v) is 2.36. The molecule has 0 fully saturated rings. The number of carboxylic acid groups (broad SMARTS) is 1. The number of hydrogen-bond donors (Lipinski definition) is 3. The summed E-state index contributed by atoms with van der Waals surface area (Å²) in [5, 5.41) is 13.5. The second-order valence-corrected chi connectivity index (χ2v) is 5.25. The van der Waals surface area contributed by atoms with Gasteiger partial charge in [-0.15, -0.1) is 11.8 Å². The predicted octanol–water partition coefficient (Wildman–Crippen LogP) is 1.98. The van der Waals surface area contributed by atoms with Gasteiger partial charge in [-0.2, -0.15) is 0 Å². The fraction of sp³-hybridized carbons (Fsp3) is 0.250. The molecule has 108 valence electrons. The molecule has 0 unspecified atom stereocenters. The molecule has 0 radical (unpaired) electrons. The number of nitrogens with one attached hydrogen (secondary N) is 2. The van der Waals surface area contributed by atoms with Crippen LogP contribution in [0.15, 0.2) is 23.1 Å². The van der Waals surface area contributed by atoms with Gasteiger partial charge in [0.05, 0.1) is 10.6 Å². The van der Waals surface area contributed by atoms with Gasteiger partial charge in [-0.1, -0.05) is 11.6 Å². The van der Waals surface area contributed by atoms with E-state index in [1.54, 1.807) is 6.07 Å². The largest absolute Gasteiger partial charge is 0.478 e. The van der Waals surface area contributed by atoms with E-state index in [9.17, 15) is 14.4 Å². The van der Waals surface area contributed by atoms with Gasteiger partial charge in [0, 0.05) is 24.1 Å². The van der Waals surface area contributed by atoms with Gasteiger partial charge in [0.2, 0.25) is 5.91 Å². The van der Waals surface area contributed by atoms with Crippen LogP contribution in [0, 0.1) is 0 Å². The Balaban J connectivity index is 2.50. The highest BCUT2D eigenvalue weighted by Gasteiger charge is 2.10. The maximum absolute atomic E-state index is 11.3. The summed E-state index contributed by atoms with van der Waals surface area (Å²) in [5.74, 6) is -1.08. The minimum absolute atomic E-state index is 0.0199. The second-order valence-electron chi connectivity index (χ2n) is 3.67. The van der Waals surface area contributed by atoms with Crippen molar-refractivity contribution in [2.45, 2.75) is 11.3 Å². The number of carboxylic acids is 1. The molecule has 1 aromatic rings. The molecule has 0 heterocycles. The van der Waals surface area contributed by atoms with Crippen LogP contribution < -0.4 is 10.6 Å². The topological polar surface area (TPSA) is 95.5 Å². The third-order valence-electron chi connectivity index (χ3n) is 2.25. The smallest absolute Gasteiger partial charge is 0.337 e. The van der Waals surface area contributed by atoms with Gasteiger partial charge in [-0.05, 0) is 18.2 Å². The summed E-state index contributed by atoms with van der Waals surface area (Å²) in [4.78, 5) is 33.8. The lowest BCUT2D eigenvalue weighted by Gasteiger charge is -2.05. The summed E-state index contributed by atoms with van der Waals surface area (Å²) in [6, 6.07) is 4.07. The van der Waals surface area contributed by atoms with Crippen LogP contribution in [0.2, 0.25) is 5.02 Å². The van der Waals surface area contributed by atoms with Crippen LogP contribution in [0.3, 0.4) is 0 Å². The Hall–Kier alpha value is -1.73. The summed E-state index contributed by atoms with van der Waals surface area (Å²) >= 11 is 7.06. The van der Waals surface area contributed by atoms with Gasteiger partial charge in [-0.3, -0.25) is 10.1 Å². The Morgan fingerprint density at radius 3 is 2.65 bits per heavy atom. The first-order chi connectivity index (χ1) is 9.43. The SMILES string of the molecule is CNC(=O)NC(=O)CCSc1ccc(Cl)c(C(=O)O)c1. The Bertz CT molecular complexity index is 536. The first-order valence-electron chi connectivity index (χ1n) is 5.61. The van der Waals surface area contributed by atoms with E-state index in [2.05, 4.69) is 10.6 Å². The summed E-state index contributed by atoms with van der Waals surface area (Å²) < 4.78 is 0. The second kappa shape index (κ2) is 7.76. The lowest BCUT2D eigenvalue weighted by atomic mass is 10.2. The van der Waals surface area contributed by atoms with E-state index >= 15 is 0 Å². The molecule has 3 amide bonds. The molecule has 0 bridgehead atoms. The predicted molar refractivity (Wildman–Crippen MR) is 76.4 cm³/mol. The first-order valence-corrected chi connectivity index (χ1v) is 6.97. The number of amides is 3. The quantitative estimate of drug-likeness (QED) is 0.722. The Kier molecular flexibility index (Phi) is 6.33. The van der Waals surface area contributed by atoms with Gasteiger partial charge in [0.25, 0.3) is 0 Å². The average molecular weight is 317 g/mol. The van der Waals surface area contributed by atoms with Crippen molar-refractivity contribution in [2.75, 3.05) is 12.8 Å². The molecule has 8 heteroatoms. The van der Waals surface area contributed by atoms with Crippen LogP contribution in [0.5, 0.6) is 0 Å². The molecular weight excluding hydrogens is 304 g/mol. The van der Waals surface area contributed by atoms with E-state index in [1.807, 2.05) is 0 Å². The molecule has 3 N–H and O–H groups in total. The van der Waals surface area contributed by atoms with E-state index < -0.39 is 17.9 Å². The van der Waals surface area contributed by atoms with E-state index in [0.717, 1.165) is 0 Å². The van der Waals surface area contributed by atoms with Crippen molar-refractivity contribution in [3.8, 4) is 0 Å². The molecule has 6 nitrogen and oxygen atoms in total. The third-order valence-corrected chi connectivity index (χ3v) is 3.57. The number of carbonyl (C=O) groups is 3. The van der Waals surface area contributed by atoms with E-state index in [0.29, 0.717) is 10.6 Å². The molecule has 1 rings (SSSR count). The molecule has 0 aliphatic rings. The van der Waals surface area contributed by atoms with E-state index in [4.69, 9.17) is 16.7 Å². The molecule has 0 aromatic heterocycles. The summed E-state index contributed by atoms with van der Waals surface area (Å²) in [6.45, 7) is 0. The number of urea groups is 1. The average Bonchev–Trinajstić information content (AvgIpc) is 2.40. The summed E-state index contributed by atoms with van der Waals surface area (Å²) in [6.07, 6.45) is 0.142.